The van der Waals surface area contributed by atoms with Crippen molar-refractivity contribution < 1.29 is 9.53 Å². The van der Waals surface area contributed by atoms with Crippen molar-refractivity contribution >= 4 is 28.4 Å². The monoisotopic (exact) mass is 433 g/mol. The normalized spacial score (nSPS) is 10.9. The Morgan fingerprint density at radius 3 is 2.74 bits per heavy atom. The number of aromatic nitrogens is 2. The first kappa shape index (κ1) is 20.9. The minimum atomic E-state index is -0.128. The third-order valence-electron chi connectivity index (χ3n) is 5.06. The Morgan fingerprint density at radius 1 is 1.10 bits per heavy atom. The van der Waals surface area contributed by atoms with Gasteiger partial charge >= 0.3 is 0 Å². The molecule has 4 aromatic rings. The van der Waals surface area contributed by atoms with Gasteiger partial charge < -0.3 is 14.6 Å². The SMILES string of the molecule is CCOc1cccc2c1cc(C(=O)NCCc1ccccn1)n2Cc1cccc(Cl)c1. The molecule has 1 N–H and O–H groups in total. The smallest absolute Gasteiger partial charge is 0.267 e. The first-order valence-corrected chi connectivity index (χ1v) is 10.7. The Bertz CT molecular complexity index is 1190. The number of pyridine rings is 1. The molecule has 0 aliphatic carbocycles. The Hall–Kier alpha value is -3.31. The highest BCUT2D eigenvalue weighted by atomic mass is 35.5. The molecule has 0 unspecified atom stereocenters. The van der Waals surface area contributed by atoms with E-state index in [2.05, 4.69) is 10.3 Å². The first-order valence-electron chi connectivity index (χ1n) is 10.3. The number of hydrogen-bond acceptors (Lipinski definition) is 3. The molecule has 0 bridgehead atoms. The van der Waals surface area contributed by atoms with E-state index >= 15 is 0 Å². The Balaban J connectivity index is 1.65. The molecule has 0 atom stereocenters. The lowest BCUT2D eigenvalue weighted by Gasteiger charge is -2.12. The second kappa shape index (κ2) is 9.67. The average Bonchev–Trinajstić information content (AvgIpc) is 3.14. The van der Waals surface area contributed by atoms with Crippen molar-refractivity contribution in [1.82, 2.24) is 14.9 Å². The fraction of sp³-hybridized carbons (Fsp3) is 0.200. The number of carbonyl (C=O) groups excluding carboxylic acids is 1. The number of benzene rings is 2. The molecule has 2 aromatic carbocycles. The van der Waals surface area contributed by atoms with Gasteiger partial charge in [-0.15, -0.1) is 0 Å². The highest BCUT2D eigenvalue weighted by Crippen LogP contribution is 2.30. The number of rotatable bonds is 8. The number of ether oxygens (including phenoxy) is 1. The molecule has 0 spiro atoms. The number of halogens is 1. The van der Waals surface area contributed by atoms with E-state index in [1.807, 2.05) is 78.2 Å². The maximum absolute atomic E-state index is 13.1. The van der Waals surface area contributed by atoms with Crippen LogP contribution in [-0.2, 0) is 13.0 Å². The summed E-state index contributed by atoms with van der Waals surface area (Å²) in [6.07, 6.45) is 2.43. The minimum Gasteiger partial charge on any atom is -0.493 e. The molecule has 2 heterocycles. The van der Waals surface area contributed by atoms with Crippen molar-refractivity contribution in [3.8, 4) is 5.75 Å². The van der Waals surface area contributed by atoms with Gasteiger partial charge in [0.1, 0.15) is 11.4 Å². The zero-order chi connectivity index (χ0) is 21.6. The molecule has 0 saturated carbocycles. The second-order valence-electron chi connectivity index (χ2n) is 7.19. The van der Waals surface area contributed by atoms with Crippen LogP contribution in [-0.4, -0.2) is 28.6 Å². The number of fused-ring (bicyclic) bond motifs is 1. The van der Waals surface area contributed by atoms with E-state index in [4.69, 9.17) is 16.3 Å². The van der Waals surface area contributed by atoms with Crippen LogP contribution in [0.15, 0.2) is 72.9 Å². The summed E-state index contributed by atoms with van der Waals surface area (Å²) in [6.45, 7) is 3.55. The summed E-state index contributed by atoms with van der Waals surface area (Å²) in [4.78, 5) is 17.4. The molecule has 158 valence electrons. The van der Waals surface area contributed by atoms with E-state index < -0.39 is 0 Å². The zero-order valence-corrected chi connectivity index (χ0v) is 18.1. The molecule has 6 heteroatoms. The summed E-state index contributed by atoms with van der Waals surface area (Å²) < 4.78 is 7.81. The van der Waals surface area contributed by atoms with Gasteiger partial charge in [0.05, 0.1) is 12.1 Å². The molecule has 0 fully saturated rings. The average molecular weight is 434 g/mol. The van der Waals surface area contributed by atoms with Crippen LogP contribution in [0.1, 0.15) is 28.7 Å². The van der Waals surface area contributed by atoms with Crippen molar-refractivity contribution in [2.24, 2.45) is 0 Å². The van der Waals surface area contributed by atoms with Gasteiger partial charge in [0.25, 0.3) is 5.91 Å². The van der Waals surface area contributed by atoms with E-state index in [-0.39, 0.29) is 5.91 Å². The van der Waals surface area contributed by atoms with Gasteiger partial charge in [0.15, 0.2) is 0 Å². The number of hydrogen-bond donors (Lipinski definition) is 1. The molecule has 0 aliphatic heterocycles. The van der Waals surface area contributed by atoms with Gasteiger partial charge in [-0.3, -0.25) is 9.78 Å². The highest BCUT2D eigenvalue weighted by Gasteiger charge is 2.18. The van der Waals surface area contributed by atoms with E-state index in [1.165, 1.54) is 0 Å². The fourth-order valence-corrected chi connectivity index (χ4v) is 3.87. The molecule has 31 heavy (non-hydrogen) atoms. The van der Waals surface area contributed by atoms with Gasteiger partial charge in [-0.05, 0) is 55.0 Å². The van der Waals surface area contributed by atoms with E-state index in [0.29, 0.717) is 36.8 Å². The number of carbonyl (C=O) groups is 1. The van der Waals surface area contributed by atoms with Crippen LogP contribution in [0, 0.1) is 0 Å². The lowest BCUT2D eigenvalue weighted by atomic mass is 10.2. The van der Waals surface area contributed by atoms with Crippen LogP contribution < -0.4 is 10.1 Å². The van der Waals surface area contributed by atoms with Crippen LogP contribution in [0.25, 0.3) is 10.9 Å². The Morgan fingerprint density at radius 2 is 1.97 bits per heavy atom. The van der Waals surface area contributed by atoms with Crippen LogP contribution in [0.3, 0.4) is 0 Å². The maximum Gasteiger partial charge on any atom is 0.267 e. The predicted octanol–water partition coefficient (Wildman–Crippen LogP) is 5.11. The van der Waals surface area contributed by atoms with Gasteiger partial charge in [0, 0.05) is 41.8 Å². The molecular weight excluding hydrogens is 410 g/mol. The molecule has 0 saturated heterocycles. The fourth-order valence-electron chi connectivity index (χ4n) is 3.66. The van der Waals surface area contributed by atoms with E-state index in [1.54, 1.807) is 6.20 Å². The van der Waals surface area contributed by atoms with Gasteiger partial charge in [-0.25, -0.2) is 0 Å². The quantitative estimate of drug-likeness (QED) is 0.420. The number of nitrogens with zero attached hydrogens (tertiary/aromatic N) is 2. The summed E-state index contributed by atoms with van der Waals surface area (Å²) in [6, 6.07) is 21.3. The minimum absolute atomic E-state index is 0.128. The summed E-state index contributed by atoms with van der Waals surface area (Å²) in [7, 11) is 0. The maximum atomic E-state index is 13.1. The van der Waals surface area contributed by atoms with Gasteiger partial charge in [-0.2, -0.15) is 0 Å². The van der Waals surface area contributed by atoms with Gasteiger partial charge in [0.2, 0.25) is 0 Å². The van der Waals surface area contributed by atoms with Crippen molar-refractivity contribution in [2.75, 3.05) is 13.2 Å². The first-order chi connectivity index (χ1) is 15.2. The summed E-state index contributed by atoms with van der Waals surface area (Å²) in [5.41, 5.74) is 3.50. The van der Waals surface area contributed by atoms with Crippen molar-refractivity contribution in [3.63, 3.8) is 0 Å². The molecule has 2 aromatic heterocycles. The van der Waals surface area contributed by atoms with Crippen LogP contribution in [0.2, 0.25) is 5.02 Å². The topological polar surface area (TPSA) is 56.1 Å². The van der Waals surface area contributed by atoms with Crippen molar-refractivity contribution in [1.29, 1.82) is 0 Å². The largest absolute Gasteiger partial charge is 0.493 e. The molecule has 0 aliphatic rings. The van der Waals surface area contributed by atoms with Crippen molar-refractivity contribution in [2.45, 2.75) is 19.9 Å². The van der Waals surface area contributed by atoms with E-state index in [9.17, 15) is 4.79 Å². The summed E-state index contributed by atoms with van der Waals surface area (Å²) >= 11 is 6.18. The number of amides is 1. The molecule has 5 nitrogen and oxygen atoms in total. The predicted molar refractivity (Wildman–Crippen MR) is 124 cm³/mol. The molecule has 4 rings (SSSR count). The van der Waals surface area contributed by atoms with E-state index in [0.717, 1.165) is 27.9 Å². The third kappa shape index (κ3) is 4.89. The zero-order valence-electron chi connectivity index (χ0n) is 17.3. The van der Waals surface area contributed by atoms with Crippen LogP contribution >= 0.6 is 11.6 Å². The molecular formula is C25H24ClN3O2. The standard InChI is InChI=1S/C25H24ClN3O2/c1-2-31-24-11-6-10-22-21(24)16-23(29(22)17-18-7-5-8-19(26)15-18)25(30)28-14-12-20-9-3-4-13-27-20/h3-11,13,15-16H,2,12,14,17H2,1H3,(H,28,30). The third-order valence-corrected chi connectivity index (χ3v) is 5.30. The molecule has 1 amide bonds. The van der Waals surface area contributed by atoms with Crippen molar-refractivity contribution in [3.05, 3.63) is 94.9 Å². The lowest BCUT2D eigenvalue weighted by Crippen LogP contribution is -2.28. The highest BCUT2D eigenvalue weighted by molar-refractivity contribution is 6.30. The molecule has 0 radical (unpaired) electrons. The van der Waals surface area contributed by atoms with Crippen LogP contribution in [0.4, 0.5) is 0 Å². The van der Waals surface area contributed by atoms with Gasteiger partial charge in [-0.1, -0.05) is 35.9 Å². The van der Waals surface area contributed by atoms with Crippen LogP contribution in [0.5, 0.6) is 5.75 Å². The lowest BCUT2D eigenvalue weighted by molar-refractivity contribution is 0.0945. The Labute approximate surface area is 186 Å². The summed E-state index contributed by atoms with van der Waals surface area (Å²) in [5.74, 6) is 0.643. The number of nitrogens with one attached hydrogen (secondary N) is 1. The Kier molecular flexibility index (Phi) is 6.53. The summed E-state index contributed by atoms with van der Waals surface area (Å²) in [5, 5.41) is 4.62. The second-order valence-corrected chi connectivity index (χ2v) is 7.63.